The minimum Gasteiger partial charge on any atom is -0.330 e. The Morgan fingerprint density at radius 2 is 1.83 bits per heavy atom. The molecule has 0 saturated carbocycles. The van der Waals surface area contributed by atoms with Gasteiger partial charge in [-0.05, 0) is 53.6 Å². The van der Waals surface area contributed by atoms with E-state index in [0.29, 0.717) is 31.0 Å². The van der Waals surface area contributed by atoms with E-state index in [9.17, 15) is 14.4 Å². The molecule has 36 heavy (non-hydrogen) atoms. The third-order valence-corrected chi connectivity index (χ3v) is 7.14. The number of pyridine rings is 2. The molecule has 3 unspecified atom stereocenters. The van der Waals surface area contributed by atoms with E-state index in [-0.39, 0.29) is 36.1 Å². The van der Waals surface area contributed by atoms with Crippen molar-refractivity contribution >= 4 is 17.6 Å². The van der Waals surface area contributed by atoms with Crippen molar-refractivity contribution in [2.45, 2.75) is 44.7 Å². The topological polar surface area (TPSA) is 83.5 Å². The number of aromatic nitrogens is 2. The van der Waals surface area contributed by atoms with Crippen molar-refractivity contribution in [3.63, 3.8) is 0 Å². The van der Waals surface area contributed by atoms with Gasteiger partial charge in [0.15, 0.2) is 5.78 Å². The Labute approximate surface area is 211 Å². The van der Waals surface area contributed by atoms with Gasteiger partial charge in [0.05, 0.1) is 18.5 Å². The molecule has 5 rings (SSSR count). The van der Waals surface area contributed by atoms with E-state index in [1.807, 2.05) is 36.5 Å². The lowest BCUT2D eigenvalue weighted by Crippen LogP contribution is -2.45. The van der Waals surface area contributed by atoms with Gasteiger partial charge in [0, 0.05) is 25.1 Å². The first kappa shape index (κ1) is 23.9. The highest BCUT2D eigenvalue weighted by molar-refractivity contribution is 6.02. The Balaban J connectivity index is 1.41. The largest absolute Gasteiger partial charge is 0.330 e. The lowest BCUT2D eigenvalue weighted by Gasteiger charge is -2.29. The second-order valence-electron chi connectivity index (χ2n) is 10.00. The molecule has 2 fully saturated rings. The van der Waals surface area contributed by atoms with Crippen LogP contribution in [0.25, 0.3) is 11.1 Å². The lowest BCUT2D eigenvalue weighted by atomic mass is 9.87. The summed E-state index contributed by atoms with van der Waals surface area (Å²) in [6, 6.07) is 16.2. The van der Waals surface area contributed by atoms with Crippen LogP contribution in [0.2, 0.25) is 0 Å². The van der Waals surface area contributed by atoms with Gasteiger partial charge in [0.1, 0.15) is 11.7 Å². The highest BCUT2D eigenvalue weighted by Gasteiger charge is 2.52. The van der Waals surface area contributed by atoms with E-state index in [2.05, 4.69) is 29.9 Å². The summed E-state index contributed by atoms with van der Waals surface area (Å²) in [6.45, 7) is 4.68. The summed E-state index contributed by atoms with van der Waals surface area (Å²) in [6.07, 6.45) is 6.39. The van der Waals surface area contributed by atoms with E-state index in [1.165, 1.54) is 0 Å². The fourth-order valence-corrected chi connectivity index (χ4v) is 5.50. The number of carbonyl (C=O) groups excluding carboxylic acids is 3. The van der Waals surface area contributed by atoms with Crippen LogP contribution < -0.4 is 0 Å². The molecule has 4 heterocycles. The second-order valence-corrected chi connectivity index (χ2v) is 10.00. The molecule has 0 radical (unpaired) electrons. The first-order valence-corrected chi connectivity index (χ1v) is 12.5. The van der Waals surface area contributed by atoms with E-state index in [4.69, 9.17) is 0 Å². The zero-order valence-corrected chi connectivity index (χ0v) is 20.6. The molecule has 7 heteroatoms. The van der Waals surface area contributed by atoms with Gasteiger partial charge in [0.2, 0.25) is 5.91 Å². The van der Waals surface area contributed by atoms with Crippen molar-refractivity contribution in [3.8, 4) is 11.1 Å². The standard InChI is InChI=1S/C29H30N4O3/c1-19(2)15-23(21-8-5-7-20(16-21)22-9-6-12-30-17-22)28(35)32-14-11-25-27(32)26(34)18-33(25)29(36)24-10-3-4-13-31-24/h3-10,12-13,16-17,19,23,25,27H,11,14-15,18H2,1-2H3. The Bertz CT molecular complexity index is 1260. The van der Waals surface area contributed by atoms with E-state index < -0.39 is 6.04 Å². The molecule has 2 aliphatic heterocycles. The van der Waals surface area contributed by atoms with Crippen molar-refractivity contribution in [3.05, 3.63) is 84.4 Å². The average Bonchev–Trinajstić information content (AvgIpc) is 3.49. The van der Waals surface area contributed by atoms with Gasteiger partial charge in [0.25, 0.3) is 5.91 Å². The Kier molecular flexibility index (Phi) is 6.63. The molecule has 2 aromatic heterocycles. The average molecular weight is 483 g/mol. The van der Waals surface area contributed by atoms with Crippen LogP contribution in [0.4, 0.5) is 0 Å². The van der Waals surface area contributed by atoms with Crippen molar-refractivity contribution in [1.82, 2.24) is 19.8 Å². The predicted molar refractivity (Wildman–Crippen MR) is 136 cm³/mol. The molecule has 2 saturated heterocycles. The van der Waals surface area contributed by atoms with E-state index in [0.717, 1.165) is 16.7 Å². The highest BCUT2D eigenvalue weighted by Crippen LogP contribution is 2.36. The van der Waals surface area contributed by atoms with Gasteiger partial charge in [-0.15, -0.1) is 0 Å². The minimum atomic E-state index is -0.596. The number of Topliss-reactive ketones (excluding diaryl/α,β-unsaturated/α-hetero) is 1. The third kappa shape index (κ3) is 4.53. The van der Waals surface area contributed by atoms with Crippen LogP contribution in [0.15, 0.2) is 73.2 Å². The molecular weight excluding hydrogens is 452 g/mol. The number of hydrogen-bond donors (Lipinski definition) is 0. The molecule has 7 nitrogen and oxygen atoms in total. The van der Waals surface area contributed by atoms with Gasteiger partial charge >= 0.3 is 0 Å². The van der Waals surface area contributed by atoms with Crippen LogP contribution in [-0.2, 0) is 9.59 Å². The number of fused-ring (bicyclic) bond motifs is 1. The summed E-state index contributed by atoms with van der Waals surface area (Å²) in [5, 5.41) is 0. The summed E-state index contributed by atoms with van der Waals surface area (Å²) >= 11 is 0. The van der Waals surface area contributed by atoms with Gasteiger partial charge in [-0.2, -0.15) is 0 Å². The SMILES string of the molecule is CC(C)CC(C(=O)N1CCC2C1C(=O)CN2C(=O)c1ccccn1)c1cccc(-c2cccnc2)c1. The molecule has 0 N–H and O–H groups in total. The number of nitrogens with zero attached hydrogens (tertiary/aromatic N) is 4. The monoisotopic (exact) mass is 482 g/mol. The van der Waals surface area contributed by atoms with Crippen LogP contribution in [0.1, 0.15) is 48.7 Å². The van der Waals surface area contributed by atoms with Crippen LogP contribution in [0.3, 0.4) is 0 Å². The molecule has 2 amide bonds. The Morgan fingerprint density at radius 1 is 1.00 bits per heavy atom. The van der Waals surface area contributed by atoms with Crippen LogP contribution in [-0.4, -0.2) is 62.5 Å². The number of hydrogen-bond acceptors (Lipinski definition) is 5. The molecule has 3 aromatic rings. The van der Waals surface area contributed by atoms with E-state index in [1.54, 1.807) is 40.4 Å². The smallest absolute Gasteiger partial charge is 0.273 e. The quantitative estimate of drug-likeness (QED) is 0.531. The highest BCUT2D eigenvalue weighted by atomic mass is 16.2. The molecule has 0 aliphatic carbocycles. The van der Waals surface area contributed by atoms with Crippen molar-refractivity contribution in [2.24, 2.45) is 5.92 Å². The molecule has 184 valence electrons. The number of benzene rings is 1. The predicted octanol–water partition coefficient (Wildman–Crippen LogP) is 3.97. The molecule has 1 aromatic carbocycles. The second kappa shape index (κ2) is 10.0. The molecule has 2 aliphatic rings. The number of rotatable bonds is 6. The minimum absolute atomic E-state index is 0.0138. The molecular formula is C29H30N4O3. The fourth-order valence-electron chi connectivity index (χ4n) is 5.50. The number of amides is 2. The van der Waals surface area contributed by atoms with Crippen molar-refractivity contribution in [2.75, 3.05) is 13.1 Å². The fraction of sp³-hybridized carbons (Fsp3) is 0.345. The maximum atomic E-state index is 14.0. The summed E-state index contributed by atoms with van der Waals surface area (Å²) in [4.78, 5) is 51.9. The van der Waals surface area contributed by atoms with Crippen molar-refractivity contribution in [1.29, 1.82) is 0 Å². The lowest BCUT2D eigenvalue weighted by molar-refractivity contribution is -0.138. The van der Waals surface area contributed by atoms with Gasteiger partial charge in [-0.3, -0.25) is 24.4 Å². The number of ketones is 1. The first-order chi connectivity index (χ1) is 17.4. The van der Waals surface area contributed by atoms with Gasteiger partial charge < -0.3 is 9.80 Å². The van der Waals surface area contributed by atoms with Crippen LogP contribution >= 0.6 is 0 Å². The van der Waals surface area contributed by atoms with Crippen molar-refractivity contribution < 1.29 is 14.4 Å². The summed E-state index contributed by atoms with van der Waals surface area (Å²) in [7, 11) is 0. The normalized spacial score (nSPS) is 20.0. The zero-order valence-electron chi connectivity index (χ0n) is 20.6. The zero-order chi connectivity index (χ0) is 25.2. The van der Waals surface area contributed by atoms with Gasteiger partial charge in [-0.1, -0.05) is 50.2 Å². The van der Waals surface area contributed by atoms with Crippen LogP contribution in [0, 0.1) is 5.92 Å². The molecule has 0 spiro atoms. The van der Waals surface area contributed by atoms with Gasteiger partial charge in [-0.25, -0.2) is 0 Å². The Hall–Kier alpha value is -3.87. The maximum absolute atomic E-state index is 14.0. The number of carbonyl (C=O) groups is 3. The summed E-state index contributed by atoms with van der Waals surface area (Å²) in [5.41, 5.74) is 3.25. The first-order valence-electron chi connectivity index (χ1n) is 12.5. The molecule has 3 atom stereocenters. The number of likely N-dealkylation sites (tertiary alicyclic amines) is 2. The van der Waals surface area contributed by atoms with Crippen LogP contribution in [0.5, 0.6) is 0 Å². The van der Waals surface area contributed by atoms with E-state index >= 15 is 0 Å². The summed E-state index contributed by atoms with van der Waals surface area (Å²) in [5.74, 6) is -0.453. The molecule has 0 bridgehead atoms. The summed E-state index contributed by atoms with van der Waals surface area (Å²) < 4.78 is 0. The maximum Gasteiger partial charge on any atom is 0.273 e. The Morgan fingerprint density at radius 3 is 2.56 bits per heavy atom. The third-order valence-electron chi connectivity index (χ3n) is 7.14.